The number of halogens is 2. The maximum absolute atomic E-state index is 6.16. The third-order valence-electron chi connectivity index (χ3n) is 2.47. The molecule has 0 fully saturated rings. The van der Waals surface area contributed by atoms with Crippen LogP contribution in [0.2, 0.25) is 10.0 Å². The van der Waals surface area contributed by atoms with Crippen molar-refractivity contribution in [2.45, 2.75) is 38.0 Å². The summed E-state index contributed by atoms with van der Waals surface area (Å²) in [6.07, 6.45) is 0.734. The topological polar surface area (TPSA) is 38.0 Å². The summed E-state index contributed by atoms with van der Waals surface area (Å²) in [6.45, 7) is 6.56. The summed E-state index contributed by atoms with van der Waals surface area (Å²) >= 11 is 14.2. The molecule has 1 aromatic rings. The van der Waals surface area contributed by atoms with E-state index in [9.17, 15) is 0 Å². The fourth-order valence-electron chi connectivity index (χ4n) is 1.49. The monoisotopic (exact) mass is 306 g/mol. The Balaban J connectivity index is 2.68. The molecule has 0 aliphatic rings. The average molecular weight is 307 g/mol. The molecule has 0 bridgehead atoms. The SMILES string of the molecule is CC(C)(C)SCC(Cc1c(Cl)cccc1Cl)NN. The van der Waals surface area contributed by atoms with Gasteiger partial charge in [-0.1, -0.05) is 50.0 Å². The van der Waals surface area contributed by atoms with Gasteiger partial charge in [-0.15, -0.1) is 0 Å². The molecule has 0 spiro atoms. The quantitative estimate of drug-likeness (QED) is 0.640. The number of hydrogen-bond acceptors (Lipinski definition) is 3. The van der Waals surface area contributed by atoms with Crippen molar-refractivity contribution in [3.63, 3.8) is 0 Å². The summed E-state index contributed by atoms with van der Waals surface area (Å²) in [5.74, 6) is 6.52. The van der Waals surface area contributed by atoms with Crippen LogP contribution >= 0.6 is 35.0 Å². The Bertz CT molecular complexity index is 371. The van der Waals surface area contributed by atoms with Crippen molar-refractivity contribution in [2.75, 3.05) is 5.75 Å². The number of hydrogen-bond donors (Lipinski definition) is 2. The molecule has 1 aromatic carbocycles. The van der Waals surface area contributed by atoms with Gasteiger partial charge in [0.1, 0.15) is 0 Å². The van der Waals surface area contributed by atoms with Gasteiger partial charge in [-0.25, -0.2) is 0 Å². The predicted molar refractivity (Wildman–Crippen MR) is 83.5 cm³/mol. The van der Waals surface area contributed by atoms with Gasteiger partial charge in [0.25, 0.3) is 0 Å². The van der Waals surface area contributed by atoms with Gasteiger partial charge < -0.3 is 0 Å². The fourth-order valence-corrected chi connectivity index (χ4v) is 2.96. The number of thioether (sulfide) groups is 1. The minimum atomic E-state index is 0.159. The summed E-state index contributed by atoms with van der Waals surface area (Å²) in [5.41, 5.74) is 3.80. The zero-order chi connectivity index (χ0) is 13.8. The second kappa shape index (κ2) is 7.01. The molecular formula is C13H20Cl2N2S. The number of hydrazine groups is 1. The molecule has 0 aliphatic carbocycles. The van der Waals surface area contributed by atoms with Crippen molar-refractivity contribution >= 4 is 35.0 Å². The lowest BCUT2D eigenvalue weighted by molar-refractivity contribution is 0.573. The summed E-state index contributed by atoms with van der Waals surface area (Å²) in [6, 6.07) is 5.72. The van der Waals surface area contributed by atoms with Crippen LogP contribution < -0.4 is 11.3 Å². The minimum absolute atomic E-state index is 0.159. The third-order valence-corrected chi connectivity index (χ3v) is 4.61. The molecule has 0 aromatic heterocycles. The van der Waals surface area contributed by atoms with Crippen molar-refractivity contribution in [3.8, 4) is 0 Å². The first-order chi connectivity index (χ1) is 8.33. The average Bonchev–Trinajstić information content (AvgIpc) is 2.26. The van der Waals surface area contributed by atoms with Crippen LogP contribution in [0.15, 0.2) is 18.2 Å². The first-order valence-electron chi connectivity index (χ1n) is 5.86. The molecule has 2 nitrogen and oxygen atoms in total. The fraction of sp³-hybridized carbons (Fsp3) is 0.538. The molecule has 0 saturated heterocycles. The Morgan fingerprint density at radius 2 is 1.83 bits per heavy atom. The largest absolute Gasteiger partial charge is 0.271 e. The van der Waals surface area contributed by atoms with E-state index in [-0.39, 0.29) is 10.8 Å². The summed E-state index contributed by atoms with van der Waals surface area (Å²) in [4.78, 5) is 0. The normalized spacial score (nSPS) is 13.7. The van der Waals surface area contributed by atoms with Crippen molar-refractivity contribution < 1.29 is 0 Å². The Hall–Kier alpha value is 0.0700. The number of nitrogens with two attached hydrogens (primary N) is 1. The van der Waals surface area contributed by atoms with E-state index < -0.39 is 0 Å². The summed E-state index contributed by atoms with van der Waals surface area (Å²) in [5, 5.41) is 1.40. The molecule has 18 heavy (non-hydrogen) atoms. The number of rotatable bonds is 5. The van der Waals surface area contributed by atoms with Crippen LogP contribution in [0, 0.1) is 0 Å². The van der Waals surface area contributed by atoms with Crippen LogP contribution in [-0.4, -0.2) is 16.5 Å². The first-order valence-corrected chi connectivity index (χ1v) is 7.60. The Labute approximate surface area is 124 Å². The van der Waals surface area contributed by atoms with Crippen LogP contribution in [0.4, 0.5) is 0 Å². The molecular weight excluding hydrogens is 287 g/mol. The second-order valence-electron chi connectivity index (χ2n) is 5.19. The minimum Gasteiger partial charge on any atom is -0.271 e. The molecule has 0 aliphatic heterocycles. The molecule has 0 amide bonds. The molecule has 0 heterocycles. The zero-order valence-electron chi connectivity index (χ0n) is 11.0. The van der Waals surface area contributed by atoms with Crippen molar-refractivity contribution in [1.82, 2.24) is 5.43 Å². The zero-order valence-corrected chi connectivity index (χ0v) is 13.3. The molecule has 1 rings (SSSR count). The van der Waals surface area contributed by atoms with Crippen molar-refractivity contribution in [2.24, 2.45) is 5.84 Å². The molecule has 3 N–H and O–H groups in total. The Morgan fingerprint density at radius 3 is 2.28 bits per heavy atom. The van der Waals surface area contributed by atoms with E-state index in [2.05, 4.69) is 26.2 Å². The Kier molecular flexibility index (Phi) is 6.28. The van der Waals surface area contributed by atoms with Gasteiger partial charge in [0.15, 0.2) is 0 Å². The van der Waals surface area contributed by atoms with Crippen molar-refractivity contribution in [1.29, 1.82) is 0 Å². The van der Waals surface area contributed by atoms with Crippen LogP contribution in [0.1, 0.15) is 26.3 Å². The smallest absolute Gasteiger partial charge is 0.0453 e. The van der Waals surface area contributed by atoms with Crippen LogP contribution in [-0.2, 0) is 6.42 Å². The second-order valence-corrected chi connectivity index (χ2v) is 7.85. The van der Waals surface area contributed by atoms with E-state index in [1.807, 2.05) is 30.0 Å². The summed E-state index contributed by atoms with van der Waals surface area (Å²) in [7, 11) is 0. The van der Waals surface area contributed by atoms with E-state index in [0.29, 0.717) is 10.0 Å². The van der Waals surface area contributed by atoms with Gasteiger partial charge in [-0.2, -0.15) is 11.8 Å². The number of benzene rings is 1. The maximum Gasteiger partial charge on any atom is 0.0453 e. The highest BCUT2D eigenvalue weighted by atomic mass is 35.5. The van der Waals surface area contributed by atoms with Gasteiger partial charge in [0, 0.05) is 26.6 Å². The highest BCUT2D eigenvalue weighted by Crippen LogP contribution is 2.28. The van der Waals surface area contributed by atoms with Gasteiger partial charge >= 0.3 is 0 Å². The molecule has 5 heteroatoms. The van der Waals surface area contributed by atoms with Crippen LogP contribution in [0.25, 0.3) is 0 Å². The van der Waals surface area contributed by atoms with E-state index in [1.54, 1.807) is 0 Å². The standard InChI is InChI=1S/C13H20Cl2N2S/c1-13(2,3)18-8-9(17-16)7-10-11(14)5-4-6-12(10)15/h4-6,9,17H,7-8,16H2,1-3H3. The number of nitrogens with one attached hydrogen (secondary N) is 1. The third kappa shape index (κ3) is 5.37. The predicted octanol–water partition coefficient (Wildman–Crippen LogP) is 3.90. The van der Waals surface area contributed by atoms with Gasteiger partial charge in [0.05, 0.1) is 0 Å². The lowest BCUT2D eigenvalue weighted by Gasteiger charge is -2.23. The van der Waals surface area contributed by atoms with E-state index >= 15 is 0 Å². The first kappa shape index (κ1) is 16.1. The highest BCUT2D eigenvalue weighted by Gasteiger charge is 2.17. The van der Waals surface area contributed by atoms with Gasteiger partial charge in [-0.3, -0.25) is 11.3 Å². The van der Waals surface area contributed by atoms with Gasteiger partial charge in [-0.05, 0) is 24.1 Å². The molecule has 0 radical (unpaired) electrons. The Morgan fingerprint density at radius 1 is 1.28 bits per heavy atom. The highest BCUT2D eigenvalue weighted by molar-refractivity contribution is 8.00. The lowest BCUT2D eigenvalue weighted by Crippen LogP contribution is -2.39. The van der Waals surface area contributed by atoms with E-state index in [1.165, 1.54) is 0 Å². The van der Waals surface area contributed by atoms with Crippen LogP contribution in [0.5, 0.6) is 0 Å². The summed E-state index contributed by atoms with van der Waals surface area (Å²) < 4.78 is 0.222. The lowest BCUT2D eigenvalue weighted by atomic mass is 10.1. The van der Waals surface area contributed by atoms with Crippen LogP contribution in [0.3, 0.4) is 0 Å². The van der Waals surface area contributed by atoms with E-state index in [4.69, 9.17) is 29.0 Å². The van der Waals surface area contributed by atoms with Crippen molar-refractivity contribution in [3.05, 3.63) is 33.8 Å². The van der Waals surface area contributed by atoms with E-state index in [0.717, 1.165) is 17.7 Å². The molecule has 1 unspecified atom stereocenters. The molecule has 102 valence electrons. The molecule has 1 atom stereocenters. The van der Waals surface area contributed by atoms with Gasteiger partial charge in [0.2, 0.25) is 0 Å². The maximum atomic E-state index is 6.16. The molecule has 0 saturated carbocycles.